The quantitative estimate of drug-likeness (QED) is 0.167. The standard InChI is InChI=1S/C69H41N5O/c1-3-16-42(17-4-1)45-21-13-22-48(38-45)67-70-68(54-27-14-30-59-63(54)53-26-11-12-29-58(53)73(59)49-23-5-2-6-24-49)72-69(71-67)55-28-15-31-61-64(55)65-56-41-50(35-32-44(56)34-37-62(65)75-61)74-60-40-47-20-8-7-19-46(47)39-57(60)52-36-33-43-18-9-10-25-51(43)66(52)74/h1-41H. The van der Waals surface area contributed by atoms with E-state index in [0.29, 0.717) is 17.5 Å². The van der Waals surface area contributed by atoms with Crippen LogP contribution in [0, 0.1) is 0 Å². The largest absolute Gasteiger partial charge is 0.456 e. The van der Waals surface area contributed by atoms with Crippen LogP contribution in [0.4, 0.5) is 0 Å². The molecule has 0 saturated heterocycles. The molecule has 0 spiro atoms. The second kappa shape index (κ2) is 16.2. The number of nitrogens with zero attached hydrogens (tertiary/aromatic N) is 5. The predicted molar refractivity (Wildman–Crippen MR) is 310 cm³/mol. The van der Waals surface area contributed by atoms with E-state index in [0.717, 1.165) is 99.2 Å². The summed E-state index contributed by atoms with van der Waals surface area (Å²) in [4.78, 5) is 16.4. The lowest BCUT2D eigenvalue weighted by atomic mass is 9.99. The van der Waals surface area contributed by atoms with Crippen molar-refractivity contribution >= 4 is 97.9 Å². The Hall–Kier alpha value is -10.2. The van der Waals surface area contributed by atoms with E-state index < -0.39 is 0 Å². The molecule has 4 heterocycles. The summed E-state index contributed by atoms with van der Waals surface area (Å²) in [6.45, 7) is 0. The van der Waals surface area contributed by atoms with Gasteiger partial charge in [0.1, 0.15) is 11.2 Å². The Labute approximate surface area is 429 Å². The van der Waals surface area contributed by atoms with Gasteiger partial charge in [-0.05, 0) is 105 Å². The maximum Gasteiger partial charge on any atom is 0.164 e. The van der Waals surface area contributed by atoms with E-state index in [2.05, 4.69) is 252 Å². The first-order valence-corrected chi connectivity index (χ1v) is 25.4. The van der Waals surface area contributed by atoms with Crippen molar-refractivity contribution < 1.29 is 4.42 Å². The van der Waals surface area contributed by atoms with E-state index in [1.165, 1.54) is 37.8 Å². The fourth-order valence-electron chi connectivity index (χ4n) is 12.0. The van der Waals surface area contributed by atoms with Gasteiger partial charge in [-0.2, -0.15) is 0 Å². The minimum absolute atomic E-state index is 0.561. The first-order chi connectivity index (χ1) is 37.2. The van der Waals surface area contributed by atoms with Gasteiger partial charge >= 0.3 is 0 Å². The predicted octanol–water partition coefficient (Wildman–Crippen LogP) is 18.1. The molecule has 348 valence electrons. The SMILES string of the molecule is c1ccc(-c2cccc(-c3nc(-c4cccc5oc6ccc7ccc(-n8c9cc%10ccccc%10cc9c9ccc%10ccccc%10c98)cc7c6c45)nc(-c4cccc5c4c4ccccc4n5-c4ccccc4)n3)c2)cc1. The molecule has 0 fully saturated rings. The topological polar surface area (TPSA) is 61.7 Å². The van der Waals surface area contributed by atoms with Crippen LogP contribution in [-0.4, -0.2) is 24.1 Å². The number of para-hydroxylation sites is 2. The van der Waals surface area contributed by atoms with E-state index in [1.54, 1.807) is 0 Å². The lowest BCUT2D eigenvalue weighted by Crippen LogP contribution is -2.01. The van der Waals surface area contributed by atoms with Gasteiger partial charge in [0.25, 0.3) is 0 Å². The summed E-state index contributed by atoms with van der Waals surface area (Å²) in [6.07, 6.45) is 0. The smallest absolute Gasteiger partial charge is 0.164 e. The summed E-state index contributed by atoms with van der Waals surface area (Å²) in [7, 11) is 0. The minimum atomic E-state index is 0.561. The molecule has 6 nitrogen and oxygen atoms in total. The van der Waals surface area contributed by atoms with Crippen LogP contribution in [-0.2, 0) is 0 Å². The number of hydrogen-bond donors (Lipinski definition) is 0. The monoisotopic (exact) mass is 955 g/mol. The first-order valence-electron chi connectivity index (χ1n) is 25.4. The van der Waals surface area contributed by atoms with Gasteiger partial charge in [-0.1, -0.05) is 182 Å². The highest BCUT2D eigenvalue weighted by Crippen LogP contribution is 2.44. The molecule has 6 heteroatoms. The molecule has 0 bridgehead atoms. The van der Waals surface area contributed by atoms with E-state index in [9.17, 15) is 0 Å². The van der Waals surface area contributed by atoms with Crippen molar-refractivity contribution in [1.82, 2.24) is 24.1 Å². The van der Waals surface area contributed by atoms with Crippen molar-refractivity contribution in [2.24, 2.45) is 0 Å². The summed E-state index contributed by atoms with van der Waals surface area (Å²) in [5.74, 6) is 1.73. The number of furan rings is 1. The average Bonchev–Trinajstić information content (AvgIpc) is 4.21. The number of rotatable bonds is 6. The molecule has 0 amide bonds. The fraction of sp³-hybridized carbons (Fsp3) is 0. The molecule has 0 aliphatic carbocycles. The van der Waals surface area contributed by atoms with Crippen LogP contribution in [0.1, 0.15) is 0 Å². The average molecular weight is 956 g/mol. The summed E-state index contributed by atoms with van der Waals surface area (Å²) in [5, 5.41) is 13.6. The normalized spacial score (nSPS) is 12.0. The molecular formula is C69H41N5O. The third-order valence-electron chi connectivity index (χ3n) is 15.3. The first kappa shape index (κ1) is 41.4. The molecule has 0 radical (unpaired) electrons. The van der Waals surface area contributed by atoms with Crippen LogP contribution in [0.3, 0.4) is 0 Å². The second-order valence-corrected chi connectivity index (χ2v) is 19.5. The third kappa shape index (κ3) is 6.36. The highest BCUT2D eigenvalue weighted by molar-refractivity contribution is 6.24. The van der Waals surface area contributed by atoms with Crippen LogP contribution in [0.15, 0.2) is 253 Å². The minimum Gasteiger partial charge on any atom is -0.456 e. The van der Waals surface area contributed by atoms with Gasteiger partial charge in [-0.15, -0.1) is 0 Å². The Morgan fingerprint density at radius 3 is 1.72 bits per heavy atom. The van der Waals surface area contributed by atoms with Crippen LogP contribution in [0.5, 0.6) is 0 Å². The van der Waals surface area contributed by atoms with E-state index in [1.807, 2.05) is 6.07 Å². The van der Waals surface area contributed by atoms with E-state index >= 15 is 0 Å². The zero-order valence-corrected chi connectivity index (χ0v) is 40.3. The van der Waals surface area contributed by atoms with Gasteiger partial charge in [0.05, 0.1) is 22.1 Å². The van der Waals surface area contributed by atoms with Crippen molar-refractivity contribution in [2.75, 3.05) is 0 Å². The highest BCUT2D eigenvalue weighted by Gasteiger charge is 2.24. The van der Waals surface area contributed by atoms with Crippen LogP contribution >= 0.6 is 0 Å². The summed E-state index contributed by atoms with van der Waals surface area (Å²) >= 11 is 0. The Kier molecular flexibility index (Phi) is 8.94. The zero-order valence-electron chi connectivity index (χ0n) is 40.3. The molecule has 0 saturated carbocycles. The van der Waals surface area contributed by atoms with E-state index in [4.69, 9.17) is 19.4 Å². The van der Waals surface area contributed by atoms with Gasteiger partial charge in [0.15, 0.2) is 17.5 Å². The van der Waals surface area contributed by atoms with Crippen molar-refractivity contribution in [3.8, 4) is 56.7 Å². The van der Waals surface area contributed by atoms with Gasteiger partial charge in [0.2, 0.25) is 0 Å². The Bertz CT molecular complexity index is 5010. The van der Waals surface area contributed by atoms with Crippen molar-refractivity contribution in [3.05, 3.63) is 249 Å². The van der Waals surface area contributed by atoms with Crippen LogP contribution in [0.2, 0.25) is 0 Å². The molecule has 16 aromatic rings. The fourth-order valence-corrected chi connectivity index (χ4v) is 12.0. The summed E-state index contributed by atoms with van der Waals surface area (Å²) in [6, 6.07) is 88.6. The Morgan fingerprint density at radius 1 is 0.280 bits per heavy atom. The lowest BCUT2D eigenvalue weighted by molar-refractivity contribution is 0.669. The van der Waals surface area contributed by atoms with Crippen molar-refractivity contribution in [1.29, 1.82) is 0 Å². The molecule has 4 aromatic heterocycles. The Balaban J connectivity index is 0.966. The molecule has 0 aliphatic heterocycles. The molecule has 16 rings (SSSR count). The number of fused-ring (bicyclic) bond motifs is 14. The zero-order chi connectivity index (χ0) is 49.1. The molecule has 75 heavy (non-hydrogen) atoms. The molecular weight excluding hydrogens is 915 g/mol. The molecule has 0 unspecified atom stereocenters. The molecule has 0 aliphatic rings. The van der Waals surface area contributed by atoms with E-state index in [-0.39, 0.29) is 0 Å². The second-order valence-electron chi connectivity index (χ2n) is 19.5. The summed E-state index contributed by atoms with van der Waals surface area (Å²) < 4.78 is 11.7. The number of hydrogen-bond acceptors (Lipinski definition) is 4. The third-order valence-corrected chi connectivity index (χ3v) is 15.3. The Morgan fingerprint density at radius 2 is 0.880 bits per heavy atom. The molecule has 0 N–H and O–H groups in total. The van der Waals surface area contributed by atoms with Gasteiger partial charge in [-0.3, -0.25) is 0 Å². The van der Waals surface area contributed by atoms with Crippen molar-refractivity contribution in [2.45, 2.75) is 0 Å². The van der Waals surface area contributed by atoms with Gasteiger partial charge in [0, 0.05) is 65.8 Å². The number of benzene rings is 12. The lowest BCUT2D eigenvalue weighted by Gasteiger charge is -2.13. The molecule has 0 atom stereocenters. The highest BCUT2D eigenvalue weighted by atomic mass is 16.3. The molecule has 12 aromatic carbocycles. The van der Waals surface area contributed by atoms with Crippen LogP contribution in [0.25, 0.3) is 155 Å². The summed E-state index contributed by atoms with van der Waals surface area (Å²) in [5.41, 5.74) is 13.1. The van der Waals surface area contributed by atoms with Gasteiger partial charge < -0.3 is 13.6 Å². The maximum atomic E-state index is 6.86. The van der Waals surface area contributed by atoms with Gasteiger partial charge in [-0.25, -0.2) is 15.0 Å². The van der Waals surface area contributed by atoms with Crippen molar-refractivity contribution in [3.63, 3.8) is 0 Å². The number of aromatic nitrogens is 5. The van der Waals surface area contributed by atoms with Crippen LogP contribution < -0.4 is 0 Å². The maximum absolute atomic E-state index is 6.86.